The van der Waals surface area contributed by atoms with Gasteiger partial charge in [-0.2, -0.15) is 5.10 Å². The van der Waals surface area contributed by atoms with Crippen molar-refractivity contribution in [1.29, 1.82) is 0 Å². The van der Waals surface area contributed by atoms with E-state index in [0.29, 0.717) is 12.2 Å². The lowest BCUT2D eigenvalue weighted by atomic mass is 10.1. The van der Waals surface area contributed by atoms with Crippen molar-refractivity contribution in [2.75, 3.05) is 0 Å². The van der Waals surface area contributed by atoms with E-state index in [1.165, 1.54) is 12.1 Å². The summed E-state index contributed by atoms with van der Waals surface area (Å²) in [5, 5.41) is 15.9. The summed E-state index contributed by atoms with van der Waals surface area (Å²) in [6, 6.07) is 4.60. The molecule has 0 saturated heterocycles. The molecule has 0 unspecified atom stereocenters. The first kappa shape index (κ1) is 15.2. The third kappa shape index (κ3) is 2.90. The van der Waals surface area contributed by atoms with Crippen molar-refractivity contribution in [2.24, 2.45) is 0 Å². The van der Waals surface area contributed by atoms with Crippen molar-refractivity contribution in [3.05, 3.63) is 53.1 Å². The predicted octanol–water partition coefficient (Wildman–Crippen LogP) is 2.28. The number of rotatable bonds is 4. The molecule has 24 heavy (non-hydrogen) atoms. The number of benzene rings is 1. The Labute approximate surface area is 142 Å². The fourth-order valence-electron chi connectivity index (χ4n) is 2.84. The van der Waals surface area contributed by atoms with Crippen molar-refractivity contribution >= 4 is 11.6 Å². The average molecular weight is 348 g/mol. The number of nitrogens with zero attached hydrogens (tertiary/aromatic N) is 6. The minimum atomic E-state index is -0.455. The number of fused-ring (bicyclic) bond motifs is 1. The minimum Gasteiger partial charge on any atom is -0.301 e. The van der Waals surface area contributed by atoms with Crippen LogP contribution in [0, 0.1) is 5.82 Å². The van der Waals surface area contributed by atoms with Gasteiger partial charge in [-0.25, -0.2) is 18.7 Å². The Kier molecular flexibility index (Phi) is 3.99. The average Bonchev–Trinajstić information content (AvgIpc) is 3.24. The molecule has 1 aromatic carbocycles. The summed E-state index contributed by atoms with van der Waals surface area (Å²) in [5.41, 5.74) is 1.45. The van der Waals surface area contributed by atoms with E-state index in [1.54, 1.807) is 23.3 Å². The molecule has 0 saturated carbocycles. The molecule has 3 heterocycles. The minimum absolute atomic E-state index is 0.0595. The number of aromatic nitrogens is 6. The zero-order valence-corrected chi connectivity index (χ0v) is 13.5. The molecule has 0 spiro atoms. The number of nitrogens with one attached hydrogen (secondary N) is 1. The maximum absolute atomic E-state index is 13.2. The van der Waals surface area contributed by atoms with Crippen molar-refractivity contribution in [2.45, 2.75) is 32.0 Å². The predicted molar refractivity (Wildman–Crippen MR) is 85.2 cm³/mol. The van der Waals surface area contributed by atoms with Crippen LogP contribution in [-0.4, -0.2) is 29.8 Å². The van der Waals surface area contributed by atoms with Gasteiger partial charge in [0, 0.05) is 13.1 Å². The number of hydrogen-bond donors (Lipinski definition) is 1. The molecular formula is C15H15ClFN7. The van der Waals surface area contributed by atoms with E-state index in [1.807, 2.05) is 4.68 Å². The van der Waals surface area contributed by atoms with E-state index < -0.39 is 5.82 Å². The van der Waals surface area contributed by atoms with Crippen molar-refractivity contribution in [3.8, 4) is 5.69 Å². The van der Waals surface area contributed by atoms with E-state index in [2.05, 4.69) is 25.7 Å². The smallest absolute Gasteiger partial charge is 0.143 e. The van der Waals surface area contributed by atoms with E-state index >= 15 is 0 Å². The summed E-state index contributed by atoms with van der Waals surface area (Å²) in [6.07, 6.45) is 5.46. The molecule has 2 aromatic heterocycles. The molecule has 1 aliphatic heterocycles. The van der Waals surface area contributed by atoms with Crippen LogP contribution in [0.15, 0.2) is 30.7 Å². The molecule has 3 aromatic rings. The van der Waals surface area contributed by atoms with Crippen LogP contribution in [-0.2, 0) is 13.1 Å². The van der Waals surface area contributed by atoms with Crippen molar-refractivity contribution in [3.63, 3.8) is 0 Å². The van der Waals surface area contributed by atoms with Gasteiger partial charge in [-0.05, 0) is 31.0 Å². The molecule has 7 nitrogen and oxygen atoms in total. The molecule has 0 radical (unpaired) electrons. The quantitative estimate of drug-likeness (QED) is 0.783. The van der Waals surface area contributed by atoms with Crippen LogP contribution in [0.4, 0.5) is 4.39 Å². The van der Waals surface area contributed by atoms with E-state index in [-0.39, 0.29) is 11.1 Å². The maximum atomic E-state index is 13.2. The highest BCUT2D eigenvalue weighted by molar-refractivity contribution is 6.30. The second kappa shape index (κ2) is 6.29. The Morgan fingerprint density at radius 1 is 1.38 bits per heavy atom. The second-order valence-electron chi connectivity index (χ2n) is 5.67. The summed E-state index contributed by atoms with van der Waals surface area (Å²) in [6.45, 7) is 1.47. The molecular weight excluding hydrogens is 333 g/mol. The van der Waals surface area contributed by atoms with Gasteiger partial charge in [-0.3, -0.25) is 0 Å². The molecule has 1 aliphatic rings. The zero-order valence-electron chi connectivity index (χ0n) is 12.7. The van der Waals surface area contributed by atoms with Gasteiger partial charge >= 0.3 is 0 Å². The Morgan fingerprint density at radius 3 is 3.17 bits per heavy atom. The topological polar surface area (TPSA) is 73.5 Å². The van der Waals surface area contributed by atoms with Crippen LogP contribution >= 0.6 is 11.6 Å². The zero-order chi connectivity index (χ0) is 16.5. The Morgan fingerprint density at radius 2 is 2.29 bits per heavy atom. The van der Waals surface area contributed by atoms with Gasteiger partial charge in [0.25, 0.3) is 0 Å². The van der Waals surface area contributed by atoms with Gasteiger partial charge in [0.1, 0.15) is 18.0 Å². The molecule has 1 N–H and O–H groups in total. The first-order chi connectivity index (χ1) is 11.7. The first-order valence-electron chi connectivity index (χ1n) is 7.68. The molecule has 9 heteroatoms. The largest absolute Gasteiger partial charge is 0.301 e. The summed E-state index contributed by atoms with van der Waals surface area (Å²) in [7, 11) is 0. The summed E-state index contributed by atoms with van der Waals surface area (Å²) in [4.78, 5) is 4.32. The van der Waals surface area contributed by atoms with E-state index in [0.717, 1.165) is 30.9 Å². The maximum Gasteiger partial charge on any atom is 0.143 e. The Hall–Kier alpha value is -2.32. The highest BCUT2D eigenvalue weighted by Gasteiger charge is 2.22. The van der Waals surface area contributed by atoms with Crippen LogP contribution in [0.25, 0.3) is 5.69 Å². The molecule has 0 amide bonds. The standard InChI is InChI=1S/C15H15ClFN7/c16-12-6-11(3-4-13(12)17)24-8-10(21-22-24)7-18-14-2-1-5-23-15(14)19-9-20-23/h3-4,6,8-9,14,18H,1-2,5,7H2/t14-/m0/s1. The normalized spacial score (nSPS) is 17.0. The van der Waals surface area contributed by atoms with Crippen LogP contribution < -0.4 is 5.32 Å². The SMILES string of the molecule is Fc1ccc(-n2cc(CN[C@H]3CCCn4ncnc43)nn2)cc1Cl. The number of halogens is 2. The molecule has 0 bridgehead atoms. The van der Waals surface area contributed by atoms with Gasteiger partial charge in [0.2, 0.25) is 0 Å². The highest BCUT2D eigenvalue weighted by atomic mass is 35.5. The van der Waals surface area contributed by atoms with Gasteiger partial charge in [0.15, 0.2) is 0 Å². The lowest BCUT2D eigenvalue weighted by molar-refractivity contribution is 0.365. The molecule has 124 valence electrons. The van der Waals surface area contributed by atoms with E-state index in [4.69, 9.17) is 11.6 Å². The van der Waals surface area contributed by atoms with E-state index in [9.17, 15) is 4.39 Å². The lowest BCUT2D eigenvalue weighted by Gasteiger charge is -2.22. The first-order valence-corrected chi connectivity index (χ1v) is 8.06. The monoisotopic (exact) mass is 347 g/mol. The fourth-order valence-corrected chi connectivity index (χ4v) is 3.02. The van der Waals surface area contributed by atoms with Gasteiger partial charge < -0.3 is 5.32 Å². The highest BCUT2D eigenvalue weighted by Crippen LogP contribution is 2.22. The summed E-state index contributed by atoms with van der Waals surface area (Å²) >= 11 is 5.81. The lowest BCUT2D eigenvalue weighted by Crippen LogP contribution is -2.28. The number of hydrogen-bond acceptors (Lipinski definition) is 5. The van der Waals surface area contributed by atoms with Crippen molar-refractivity contribution < 1.29 is 4.39 Å². The molecule has 4 rings (SSSR count). The Bertz CT molecular complexity index is 859. The summed E-state index contributed by atoms with van der Waals surface area (Å²) in [5.74, 6) is 0.503. The van der Waals surface area contributed by atoms with Crippen LogP contribution in [0.3, 0.4) is 0 Å². The van der Waals surface area contributed by atoms with Crippen LogP contribution in [0.5, 0.6) is 0 Å². The molecule has 1 atom stereocenters. The third-order valence-electron chi connectivity index (χ3n) is 4.06. The second-order valence-corrected chi connectivity index (χ2v) is 6.08. The van der Waals surface area contributed by atoms with Gasteiger partial charge in [-0.15, -0.1) is 5.10 Å². The third-order valence-corrected chi connectivity index (χ3v) is 4.35. The molecule has 0 fully saturated rings. The van der Waals surface area contributed by atoms with Gasteiger partial charge in [-0.1, -0.05) is 16.8 Å². The summed E-state index contributed by atoms with van der Waals surface area (Å²) < 4.78 is 16.7. The van der Waals surface area contributed by atoms with Gasteiger partial charge in [0.05, 0.1) is 28.6 Å². The van der Waals surface area contributed by atoms with Crippen LogP contribution in [0.1, 0.15) is 30.4 Å². The number of aryl methyl sites for hydroxylation is 1. The van der Waals surface area contributed by atoms with Crippen LogP contribution in [0.2, 0.25) is 5.02 Å². The Balaban J connectivity index is 1.46. The fraction of sp³-hybridized carbons (Fsp3) is 0.333. The molecule has 0 aliphatic carbocycles. The van der Waals surface area contributed by atoms with Crippen molar-refractivity contribution in [1.82, 2.24) is 35.1 Å².